The van der Waals surface area contributed by atoms with E-state index in [0.29, 0.717) is 6.04 Å². The summed E-state index contributed by atoms with van der Waals surface area (Å²) >= 11 is 0. The molecule has 1 heterocycles. The average Bonchev–Trinajstić information content (AvgIpc) is 3.32. The summed E-state index contributed by atoms with van der Waals surface area (Å²) < 4.78 is 12.3. The van der Waals surface area contributed by atoms with Crippen LogP contribution in [0.15, 0.2) is 36.4 Å². The van der Waals surface area contributed by atoms with Crippen molar-refractivity contribution in [2.24, 2.45) is 0 Å². The third-order valence-corrected chi connectivity index (χ3v) is 5.59. The van der Waals surface area contributed by atoms with Crippen LogP contribution in [0.1, 0.15) is 50.9 Å². The fourth-order valence-electron chi connectivity index (χ4n) is 3.12. The number of benzene rings is 2. The van der Waals surface area contributed by atoms with Crippen molar-refractivity contribution >= 4 is 29.3 Å². The van der Waals surface area contributed by atoms with Gasteiger partial charge in [-0.25, -0.2) is 0 Å². The summed E-state index contributed by atoms with van der Waals surface area (Å²) in [5.41, 5.74) is 0.979. The number of carbonyl (C=O) groups is 1. The van der Waals surface area contributed by atoms with Crippen molar-refractivity contribution in [1.29, 1.82) is 0 Å². The van der Waals surface area contributed by atoms with Gasteiger partial charge in [-0.05, 0) is 62.8 Å². The molecule has 1 aliphatic heterocycles. The molecule has 2 aromatic rings. The van der Waals surface area contributed by atoms with E-state index in [0.717, 1.165) is 34.6 Å². The highest BCUT2D eigenvalue weighted by atomic mass is 16.7. The van der Waals surface area contributed by atoms with E-state index in [1.54, 1.807) is 0 Å². The molecule has 4 rings (SSSR count). The number of rotatable bonds is 3. The molecule has 0 atom stereocenters. The highest BCUT2D eigenvalue weighted by molar-refractivity contribution is 6.62. The van der Waals surface area contributed by atoms with Crippen LogP contribution in [-0.4, -0.2) is 30.3 Å². The maximum Gasteiger partial charge on any atom is 0.494 e. The Morgan fingerprint density at radius 2 is 1.76 bits per heavy atom. The highest BCUT2D eigenvalue weighted by Crippen LogP contribution is 2.36. The van der Waals surface area contributed by atoms with Crippen LogP contribution < -0.4 is 10.8 Å². The molecule has 0 spiro atoms. The van der Waals surface area contributed by atoms with Gasteiger partial charge >= 0.3 is 7.12 Å². The minimum absolute atomic E-state index is 0.0106. The summed E-state index contributed by atoms with van der Waals surface area (Å²) in [5.74, 6) is 0.0106. The Morgan fingerprint density at radius 3 is 2.40 bits per heavy atom. The summed E-state index contributed by atoms with van der Waals surface area (Å²) in [6.07, 6.45) is 2.17. The van der Waals surface area contributed by atoms with Gasteiger partial charge in [-0.3, -0.25) is 4.79 Å². The van der Waals surface area contributed by atoms with Crippen LogP contribution in [0.25, 0.3) is 10.8 Å². The first-order chi connectivity index (χ1) is 11.8. The van der Waals surface area contributed by atoms with Gasteiger partial charge in [0, 0.05) is 11.6 Å². The predicted molar refractivity (Wildman–Crippen MR) is 100 cm³/mol. The van der Waals surface area contributed by atoms with Gasteiger partial charge in [-0.2, -0.15) is 0 Å². The van der Waals surface area contributed by atoms with Crippen LogP contribution in [0.4, 0.5) is 0 Å². The van der Waals surface area contributed by atoms with Crippen LogP contribution in [0.2, 0.25) is 0 Å². The smallest absolute Gasteiger partial charge is 0.399 e. The van der Waals surface area contributed by atoms with E-state index in [1.807, 2.05) is 58.0 Å². The van der Waals surface area contributed by atoms with Crippen molar-refractivity contribution in [3.63, 3.8) is 0 Å². The van der Waals surface area contributed by atoms with Gasteiger partial charge in [0.2, 0.25) is 0 Å². The number of amides is 1. The van der Waals surface area contributed by atoms with Gasteiger partial charge in [0.1, 0.15) is 0 Å². The Labute approximate surface area is 149 Å². The largest absolute Gasteiger partial charge is 0.494 e. The summed E-state index contributed by atoms with van der Waals surface area (Å²) in [6.45, 7) is 8.20. The van der Waals surface area contributed by atoms with Crippen LogP contribution >= 0.6 is 0 Å². The number of carbonyl (C=O) groups excluding carboxylic acids is 1. The Kier molecular flexibility index (Phi) is 3.71. The number of nitrogens with one attached hydrogen (secondary N) is 1. The lowest BCUT2D eigenvalue weighted by Crippen LogP contribution is -2.41. The van der Waals surface area contributed by atoms with E-state index in [1.165, 1.54) is 0 Å². The molecule has 1 N–H and O–H groups in total. The monoisotopic (exact) mass is 337 g/mol. The van der Waals surface area contributed by atoms with Crippen molar-refractivity contribution in [3.05, 3.63) is 42.0 Å². The van der Waals surface area contributed by atoms with Crippen molar-refractivity contribution in [3.8, 4) is 0 Å². The number of fused-ring (bicyclic) bond motifs is 1. The van der Waals surface area contributed by atoms with E-state index in [9.17, 15) is 4.79 Å². The quantitative estimate of drug-likeness (QED) is 0.876. The zero-order chi connectivity index (χ0) is 17.8. The summed E-state index contributed by atoms with van der Waals surface area (Å²) in [7, 11) is -0.390. The maximum absolute atomic E-state index is 12.5. The van der Waals surface area contributed by atoms with E-state index in [2.05, 4.69) is 11.4 Å². The normalized spacial score (nSPS) is 21.5. The molecule has 0 bridgehead atoms. The zero-order valence-electron chi connectivity index (χ0n) is 15.3. The summed E-state index contributed by atoms with van der Waals surface area (Å²) in [5, 5.41) is 5.05. The summed E-state index contributed by atoms with van der Waals surface area (Å²) in [6, 6.07) is 12.2. The first-order valence-electron chi connectivity index (χ1n) is 8.96. The molecule has 1 amide bonds. The molecule has 1 saturated heterocycles. The van der Waals surface area contributed by atoms with Gasteiger partial charge in [0.05, 0.1) is 11.2 Å². The molecule has 25 heavy (non-hydrogen) atoms. The van der Waals surface area contributed by atoms with Crippen molar-refractivity contribution in [1.82, 2.24) is 5.32 Å². The third kappa shape index (κ3) is 2.96. The molecule has 0 radical (unpaired) electrons. The van der Waals surface area contributed by atoms with Crippen molar-refractivity contribution in [2.45, 2.75) is 57.8 Å². The molecular weight excluding hydrogens is 313 g/mol. The standard InChI is InChI=1S/C20H24BNO3/c1-19(2)20(3,4)25-21(24-19)14-8-11-16-13(12-14)6-5-7-17(16)18(23)22-15-9-10-15/h5-8,11-12,15H,9-10H2,1-4H3,(H,22,23). The molecule has 2 aromatic carbocycles. The lowest BCUT2D eigenvalue weighted by molar-refractivity contribution is 0.00578. The van der Waals surface area contributed by atoms with Crippen molar-refractivity contribution in [2.75, 3.05) is 0 Å². The maximum atomic E-state index is 12.5. The topological polar surface area (TPSA) is 47.6 Å². The SMILES string of the molecule is CC1(C)OB(c2ccc3c(C(=O)NC4CC4)cccc3c2)OC1(C)C. The molecule has 2 aliphatic rings. The lowest BCUT2D eigenvalue weighted by atomic mass is 9.78. The summed E-state index contributed by atoms with van der Waals surface area (Å²) in [4.78, 5) is 12.5. The predicted octanol–water partition coefficient (Wildman–Crippen LogP) is 3.03. The lowest BCUT2D eigenvalue weighted by Gasteiger charge is -2.32. The minimum Gasteiger partial charge on any atom is -0.399 e. The van der Waals surface area contributed by atoms with E-state index >= 15 is 0 Å². The fourth-order valence-corrected chi connectivity index (χ4v) is 3.12. The first kappa shape index (κ1) is 16.6. The molecule has 1 saturated carbocycles. The molecule has 0 unspecified atom stereocenters. The van der Waals surface area contributed by atoms with E-state index in [-0.39, 0.29) is 17.1 Å². The zero-order valence-corrected chi connectivity index (χ0v) is 15.3. The van der Waals surface area contributed by atoms with Gasteiger partial charge in [0.25, 0.3) is 5.91 Å². The second-order valence-electron chi connectivity index (χ2n) is 8.12. The minimum atomic E-state index is -0.390. The molecule has 2 fully saturated rings. The van der Waals surface area contributed by atoms with Gasteiger partial charge in [-0.15, -0.1) is 0 Å². The number of hydrogen-bond acceptors (Lipinski definition) is 3. The van der Waals surface area contributed by atoms with Crippen molar-refractivity contribution < 1.29 is 14.1 Å². The van der Waals surface area contributed by atoms with Crippen LogP contribution in [0.3, 0.4) is 0 Å². The van der Waals surface area contributed by atoms with Gasteiger partial charge in [0.15, 0.2) is 0 Å². The second-order valence-corrected chi connectivity index (χ2v) is 8.12. The Bertz CT molecular complexity index is 826. The third-order valence-electron chi connectivity index (χ3n) is 5.59. The molecular formula is C20H24BNO3. The first-order valence-corrected chi connectivity index (χ1v) is 8.96. The van der Waals surface area contributed by atoms with Gasteiger partial charge in [-0.1, -0.05) is 30.3 Å². The van der Waals surface area contributed by atoms with E-state index in [4.69, 9.17) is 9.31 Å². The number of hydrogen-bond donors (Lipinski definition) is 1. The van der Waals surface area contributed by atoms with E-state index < -0.39 is 7.12 Å². The molecule has 0 aromatic heterocycles. The molecule has 5 heteroatoms. The van der Waals surface area contributed by atoms with Gasteiger partial charge < -0.3 is 14.6 Å². The molecule has 130 valence electrons. The Balaban J connectivity index is 1.66. The average molecular weight is 337 g/mol. The molecule has 1 aliphatic carbocycles. The Hall–Kier alpha value is -1.85. The Morgan fingerprint density at radius 1 is 1.08 bits per heavy atom. The highest BCUT2D eigenvalue weighted by Gasteiger charge is 2.51. The van der Waals surface area contributed by atoms with Crippen LogP contribution in [0, 0.1) is 0 Å². The van der Waals surface area contributed by atoms with Crippen LogP contribution in [0.5, 0.6) is 0 Å². The fraction of sp³-hybridized carbons (Fsp3) is 0.450. The molecule has 4 nitrogen and oxygen atoms in total. The second kappa shape index (κ2) is 5.58. The van der Waals surface area contributed by atoms with Crippen LogP contribution in [-0.2, 0) is 9.31 Å².